The van der Waals surface area contributed by atoms with Crippen molar-refractivity contribution >= 4 is 33.8 Å². The third kappa shape index (κ3) is 5.32. The summed E-state index contributed by atoms with van der Waals surface area (Å²) in [4.78, 5) is 16.9. The number of carbonyl (C=O) groups excluding carboxylic acids is 1. The van der Waals surface area contributed by atoms with E-state index in [1.807, 2.05) is 41.8 Å². The smallest absolute Gasteiger partial charge is 0.416 e. The van der Waals surface area contributed by atoms with Gasteiger partial charge in [-0.2, -0.15) is 13.2 Å². The van der Waals surface area contributed by atoms with Gasteiger partial charge in [0.05, 0.1) is 24.1 Å². The molecule has 168 valence electrons. The first-order valence-electron chi connectivity index (χ1n) is 9.78. The molecule has 0 saturated heterocycles. The van der Waals surface area contributed by atoms with Crippen molar-refractivity contribution in [2.45, 2.75) is 6.18 Å². The van der Waals surface area contributed by atoms with Gasteiger partial charge >= 0.3 is 6.18 Å². The molecule has 5 nitrogen and oxygen atoms in total. The number of ether oxygens (including phenoxy) is 1. The van der Waals surface area contributed by atoms with Crippen LogP contribution in [0.1, 0.15) is 15.9 Å². The molecule has 4 rings (SSSR count). The van der Waals surface area contributed by atoms with E-state index in [0.29, 0.717) is 16.6 Å². The second-order valence-electron chi connectivity index (χ2n) is 6.97. The first-order chi connectivity index (χ1) is 15.8. The molecular formula is C24H18F3N3O2S. The fourth-order valence-corrected chi connectivity index (χ4v) is 3.80. The molecule has 0 spiro atoms. The van der Waals surface area contributed by atoms with Gasteiger partial charge in [0.25, 0.3) is 5.91 Å². The van der Waals surface area contributed by atoms with E-state index in [1.54, 1.807) is 19.2 Å². The van der Waals surface area contributed by atoms with E-state index in [9.17, 15) is 18.0 Å². The van der Waals surface area contributed by atoms with E-state index in [1.165, 1.54) is 11.3 Å². The maximum atomic E-state index is 12.7. The Bertz CT molecular complexity index is 1250. The van der Waals surface area contributed by atoms with Crippen molar-refractivity contribution in [3.8, 4) is 17.0 Å². The van der Waals surface area contributed by atoms with Crippen LogP contribution in [0.15, 0.2) is 78.2 Å². The van der Waals surface area contributed by atoms with E-state index < -0.39 is 17.6 Å². The van der Waals surface area contributed by atoms with Gasteiger partial charge in [-0.15, -0.1) is 11.3 Å². The van der Waals surface area contributed by atoms with Crippen LogP contribution in [-0.4, -0.2) is 18.0 Å². The molecule has 0 atom stereocenters. The Labute approximate surface area is 191 Å². The molecule has 2 N–H and O–H groups in total. The molecule has 1 heterocycles. The van der Waals surface area contributed by atoms with E-state index in [-0.39, 0.29) is 5.56 Å². The normalized spacial score (nSPS) is 11.2. The number of halogens is 3. The number of rotatable bonds is 6. The van der Waals surface area contributed by atoms with E-state index in [4.69, 9.17) is 4.74 Å². The minimum atomic E-state index is -4.44. The zero-order valence-corrected chi connectivity index (χ0v) is 18.1. The predicted octanol–water partition coefficient (Wildman–Crippen LogP) is 6.83. The molecule has 0 bridgehead atoms. The summed E-state index contributed by atoms with van der Waals surface area (Å²) in [6, 6.07) is 18.7. The Morgan fingerprint density at radius 3 is 2.33 bits per heavy atom. The standard InChI is InChI=1S/C24H18F3N3O2S/c1-32-21-5-3-2-4-19(21)29-23-30-20(14-33-23)15-8-12-18(13-9-15)28-22(31)16-6-10-17(11-7-16)24(25,26)27/h2-14H,1H3,(H,28,31)(H,29,30). The van der Waals surface area contributed by atoms with Crippen LogP contribution in [0, 0.1) is 0 Å². The number of para-hydroxylation sites is 2. The third-order valence-electron chi connectivity index (χ3n) is 4.77. The van der Waals surface area contributed by atoms with Gasteiger partial charge in [-0.25, -0.2) is 4.98 Å². The van der Waals surface area contributed by atoms with Gasteiger partial charge in [-0.1, -0.05) is 24.3 Å². The Hall–Kier alpha value is -3.85. The van der Waals surface area contributed by atoms with Crippen molar-refractivity contribution in [2.75, 3.05) is 17.7 Å². The van der Waals surface area contributed by atoms with Crippen LogP contribution in [0.25, 0.3) is 11.3 Å². The number of carbonyl (C=O) groups is 1. The molecule has 0 saturated carbocycles. The lowest BCUT2D eigenvalue weighted by Crippen LogP contribution is -2.12. The molecule has 0 radical (unpaired) electrons. The number of aromatic nitrogens is 1. The molecule has 1 aromatic heterocycles. The number of hydrogen-bond acceptors (Lipinski definition) is 5. The summed E-state index contributed by atoms with van der Waals surface area (Å²) in [7, 11) is 1.60. The summed E-state index contributed by atoms with van der Waals surface area (Å²) in [5.74, 6) is 0.218. The largest absolute Gasteiger partial charge is 0.495 e. The second-order valence-corrected chi connectivity index (χ2v) is 7.83. The zero-order valence-electron chi connectivity index (χ0n) is 17.3. The maximum Gasteiger partial charge on any atom is 0.416 e. The van der Waals surface area contributed by atoms with Crippen molar-refractivity contribution in [3.05, 3.63) is 89.3 Å². The van der Waals surface area contributed by atoms with Crippen molar-refractivity contribution in [3.63, 3.8) is 0 Å². The molecule has 0 aliphatic carbocycles. The molecule has 1 amide bonds. The van der Waals surface area contributed by atoms with Gasteiger partial charge in [0, 0.05) is 22.2 Å². The number of amides is 1. The van der Waals surface area contributed by atoms with Crippen LogP contribution in [0.2, 0.25) is 0 Å². The summed E-state index contributed by atoms with van der Waals surface area (Å²) in [6.45, 7) is 0. The minimum absolute atomic E-state index is 0.138. The van der Waals surface area contributed by atoms with Crippen LogP contribution in [-0.2, 0) is 6.18 Å². The lowest BCUT2D eigenvalue weighted by molar-refractivity contribution is -0.137. The number of hydrogen-bond donors (Lipinski definition) is 2. The quantitative estimate of drug-likeness (QED) is 0.325. The molecule has 3 aromatic carbocycles. The number of alkyl halides is 3. The van der Waals surface area contributed by atoms with E-state index in [0.717, 1.165) is 41.2 Å². The summed E-state index contributed by atoms with van der Waals surface area (Å²) >= 11 is 1.45. The minimum Gasteiger partial charge on any atom is -0.495 e. The van der Waals surface area contributed by atoms with Gasteiger partial charge in [0.2, 0.25) is 0 Å². The first kappa shape index (κ1) is 22.3. The number of thiazole rings is 1. The van der Waals surface area contributed by atoms with Crippen molar-refractivity contribution < 1.29 is 22.7 Å². The molecule has 0 aliphatic rings. The molecule has 0 aliphatic heterocycles. The zero-order chi connectivity index (χ0) is 23.4. The first-order valence-corrected chi connectivity index (χ1v) is 10.7. The van der Waals surface area contributed by atoms with Crippen molar-refractivity contribution in [1.29, 1.82) is 0 Å². The van der Waals surface area contributed by atoms with Crippen LogP contribution in [0.4, 0.5) is 29.7 Å². The highest BCUT2D eigenvalue weighted by molar-refractivity contribution is 7.14. The average molecular weight is 469 g/mol. The summed E-state index contributed by atoms with van der Waals surface area (Å²) in [5.41, 5.74) is 2.28. The highest BCUT2D eigenvalue weighted by Crippen LogP contribution is 2.32. The van der Waals surface area contributed by atoms with Crippen LogP contribution >= 0.6 is 11.3 Å². The molecule has 33 heavy (non-hydrogen) atoms. The molecular weight excluding hydrogens is 451 g/mol. The molecule has 9 heteroatoms. The Morgan fingerprint density at radius 1 is 0.970 bits per heavy atom. The monoisotopic (exact) mass is 469 g/mol. The number of methoxy groups -OCH3 is 1. The van der Waals surface area contributed by atoms with E-state index >= 15 is 0 Å². The van der Waals surface area contributed by atoms with Gasteiger partial charge in [0.15, 0.2) is 5.13 Å². The molecule has 0 fully saturated rings. The fraction of sp³-hybridized carbons (Fsp3) is 0.0833. The predicted molar refractivity (Wildman–Crippen MR) is 123 cm³/mol. The van der Waals surface area contributed by atoms with Crippen LogP contribution in [0.5, 0.6) is 5.75 Å². The third-order valence-corrected chi connectivity index (χ3v) is 5.52. The number of benzene rings is 3. The number of nitrogens with zero attached hydrogens (tertiary/aromatic N) is 1. The van der Waals surface area contributed by atoms with Crippen molar-refractivity contribution in [2.24, 2.45) is 0 Å². The maximum absolute atomic E-state index is 12.7. The fourth-order valence-electron chi connectivity index (χ4n) is 3.07. The van der Waals surface area contributed by atoms with Crippen LogP contribution in [0.3, 0.4) is 0 Å². The van der Waals surface area contributed by atoms with Gasteiger partial charge < -0.3 is 15.4 Å². The second kappa shape index (κ2) is 9.33. The van der Waals surface area contributed by atoms with Gasteiger partial charge in [-0.05, 0) is 48.5 Å². The lowest BCUT2D eigenvalue weighted by Gasteiger charge is -2.09. The Kier molecular flexibility index (Phi) is 6.32. The lowest BCUT2D eigenvalue weighted by atomic mass is 10.1. The number of nitrogens with one attached hydrogen (secondary N) is 2. The molecule has 0 unspecified atom stereocenters. The van der Waals surface area contributed by atoms with Gasteiger partial charge in [-0.3, -0.25) is 4.79 Å². The highest BCUT2D eigenvalue weighted by Gasteiger charge is 2.30. The Balaban J connectivity index is 1.42. The molecule has 4 aromatic rings. The van der Waals surface area contributed by atoms with Gasteiger partial charge in [0.1, 0.15) is 5.75 Å². The van der Waals surface area contributed by atoms with Crippen molar-refractivity contribution in [1.82, 2.24) is 4.98 Å². The summed E-state index contributed by atoms with van der Waals surface area (Å²) in [5, 5.41) is 8.53. The van der Waals surface area contributed by atoms with Crippen LogP contribution < -0.4 is 15.4 Å². The highest BCUT2D eigenvalue weighted by atomic mass is 32.1. The topological polar surface area (TPSA) is 63.2 Å². The van der Waals surface area contributed by atoms with E-state index in [2.05, 4.69) is 15.6 Å². The Morgan fingerprint density at radius 2 is 1.67 bits per heavy atom. The average Bonchev–Trinajstić information content (AvgIpc) is 3.28. The SMILES string of the molecule is COc1ccccc1Nc1nc(-c2ccc(NC(=O)c3ccc(C(F)(F)F)cc3)cc2)cs1. The summed E-state index contributed by atoms with van der Waals surface area (Å²) in [6.07, 6.45) is -4.44. The number of anilines is 3. The summed E-state index contributed by atoms with van der Waals surface area (Å²) < 4.78 is 43.4.